The van der Waals surface area contributed by atoms with Crippen LogP contribution in [0.4, 0.5) is 16.2 Å². The van der Waals surface area contributed by atoms with E-state index in [1.165, 1.54) is 5.56 Å². The average molecular weight is 406 g/mol. The Kier molecular flexibility index (Phi) is 5.31. The zero-order valence-corrected chi connectivity index (χ0v) is 17.9. The molecule has 30 heavy (non-hydrogen) atoms. The Bertz CT molecular complexity index is 946. The van der Waals surface area contributed by atoms with Gasteiger partial charge in [0.25, 0.3) is 0 Å². The number of hydrogen-bond acceptors (Lipinski definition) is 2. The second-order valence-corrected chi connectivity index (χ2v) is 9.23. The Hall–Kier alpha value is -2.82. The van der Waals surface area contributed by atoms with E-state index < -0.39 is 6.03 Å². The summed E-state index contributed by atoms with van der Waals surface area (Å²) < 4.78 is 0. The van der Waals surface area contributed by atoms with Crippen LogP contribution in [0.25, 0.3) is 0 Å². The summed E-state index contributed by atoms with van der Waals surface area (Å²) in [5, 5.41) is 2.87. The van der Waals surface area contributed by atoms with Gasteiger partial charge in [-0.25, -0.2) is 4.79 Å². The number of urea groups is 1. The van der Waals surface area contributed by atoms with E-state index in [4.69, 9.17) is 5.73 Å². The van der Waals surface area contributed by atoms with Crippen molar-refractivity contribution in [3.63, 3.8) is 0 Å². The molecule has 0 atom stereocenters. The maximum absolute atomic E-state index is 12.5. The number of primary amides is 1. The number of benzene rings is 2. The number of fused-ring (bicyclic) bond motifs is 1. The van der Waals surface area contributed by atoms with Crippen molar-refractivity contribution in [1.82, 2.24) is 0 Å². The Morgan fingerprint density at radius 1 is 1.07 bits per heavy atom. The van der Waals surface area contributed by atoms with Crippen molar-refractivity contribution in [3.8, 4) is 0 Å². The van der Waals surface area contributed by atoms with Crippen LogP contribution in [-0.4, -0.2) is 18.5 Å². The van der Waals surface area contributed by atoms with Gasteiger partial charge in [0, 0.05) is 17.8 Å². The van der Waals surface area contributed by atoms with E-state index in [-0.39, 0.29) is 16.7 Å². The number of carbonyl (C=O) groups is 2. The van der Waals surface area contributed by atoms with Crippen molar-refractivity contribution in [3.05, 3.63) is 59.7 Å². The van der Waals surface area contributed by atoms with Gasteiger partial charge in [-0.15, -0.1) is 0 Å². The second kappa shape index (κ2) is 7.78. The molecule has 1 heterocycles. The highest BCUT2D eigenvalue weighted by atomic mass is 16.2. The van der Waals surface area contributed by atoms with Gasteiger partial charge in [-0.05, 0) is 60.6 Å². The van der Waals surface area contributed by atoms with Crippen LogP contribution in [0, 0.1) is 5.41 Å². The molecule has 2 aromatic carbocycles. The fourth-order valence-electron chi connectivity index (χ4n) is 5.19. The number of nitrogens with two attached hydrogens (primary N) is 1. The molecule has 0 bridgehead atoms. The minimum absolute atomic E-state index is 0.0298. The summed E-state index contributed by atoms with van der Waals surface area (Å²) >= 11 is 0. The fraction of sp³-hybridized carbons (Fsp3) is 0.440. The Labute approximate surface area is 178 Å². The minimum Gasteiger partial charge on any atom is -0.351 e. The fourth-order valence-corrected chi connectivity index (χ4v) is 5.19. The van der Waals surface area contributed by atoms with Crippen LogP contribution < -0.4 is 16.0 Å². The number of amides is 3. The first kappa shape index (κ1) is 20.5. The van der Waals surface area contributed by atoms with E-state index in [1.807, 2.05) is 18.2 Å². The number of nitrogens with zero attached hydrogens (tertiary/aromatic N) is 1. The molecule has 0 spiro atoms. The predicted octanol–water partition coefficient (Wildman–Crippen LogP) is 4.99. The largest absolute Gasteiger partial charge is 0.351 e. The highest BCUT2D eigenvalue weighted by Gasteiger charge is 2.42. The molecule has 3 N–H and O–H groups in total. The molecule has 1 aliphatic carbocycles. The van der Waals surface area contributed by atoms with Crippen LogP contribution in [-0.2, 0) is 16.6 Å². The zero-order valence-electron chi connectivity index (χ0n) is 17.9. The lowest BCUT2D eigenvalue weighted by atomic mass is 9.61. The first-order valence-electron chi connectivity index (χ1n) is 10.9. The Balaban J connectivity index is 1.58. The molecule has 0 aromatic heterocycles. The van der Waals surface area contributed by atoms with Gasteiger partial charge in [0.2, 0.25) is 5.91 Å². The summed E-state index contributed by atoms with van der Waals surface area (Å²) in [7, 11) is 0. The average Bonchev–Trinajstić information content (AvgIpc) is 3.14. The van der Waals surface area contributed by atoms with Crippen molar-refractivity contribution in [1.29, 1.82) is 0 Å². The monoisotopic (exact) mass is 405 g/mol. The molecule has 1 aliphatic heterocycles. The molecule has 2 aromatic rings. The molecule has 5 nitrogen and oxygen atoms in total. The molecular weight excluding hydrogens is 374 g/mol. The lowest BCUT2D eigenvalue weighted by Crippen LogP contribution is -2.47. The van der Waals surface area contributed by atoms with Crippen LogP contribution in [0.15, 0.2) is 48.5 Å². The summed E-state index contributed by atoms with van der Waals surface area (Å²) in [5.41, 5.74) is 9.87. The Morgan fingerprint density at radius 3 is 2.40 bits per heavy atom. The van der Waals surface area contributed by atoms with E-state index in [9.17, 15) is 9.59 Å². The first-order chi connectivity index (χ1) is 14.4. The highest BCUT2D eigenvalue weighted by Crippen LogP contribution is 2.49. The lowest BCUT2D eigenvalue weighted by Gasteiger charge is -2.47. The molecule has 4 rings (SSSR count). The smallest absolute Gasteiger partial charge is 0.319 e. The number of rotatable bonds is 5. The molecule has 0 radical (unpaired) electrons. The SMILES string of the molecule is CC[C@]1(CN(C(N)=O)c2cccc3c2CC(=O)N3)CC[C@@](C)(c2ccccc2)CC1. The van der Waals surface area contributed by atoms with Gasteiger partial charge in [0.1, 0.15) is 0 Å². The normalized spacial score (nSPS) is 25.5. The van der Waals surface area contributed by atoms with Crippen LogP contribution in [0.3, 0.4) is 0 Å². The van der Waals surface area contributed by atoms with Crippen LogP contribution in [0.5, 0.6) is 0 Å². The van der Waals surface area contributed by atoms with Gasteiger partial charge >= 0.3 is 6.03 Å². The maximum Gasteiger partial charge on any atom is 0.319 e. The minimum atomic E-state index is -0.452. The van der Waals surface area contributed by atoms with Crippen molar-refractivity contribution in [2.75, 3.05) is 16.8 Å². The topological polar surface area (TPSA) is 75.4 Å². The summed E-state index contributed by atoms with van der Waals surface area (Å²) in [6.07, 6.45) is 5.55. The van der Waals surface area contributed by atoms with Crippen molar-refractivity contribution in [2.24, 2.45) is 11.1 Å². The summed E-state index contributed by atoms with van der Waals surface area (Å²) in [6.45, 7) is 5.16. The third-order valence-electron chi connectivity index (χ3n) is 7.45. The number of hydrogen-bond donors (Lipinski definition) is 2. The third kappa shape index (κ3) is 3.69. The molecule has 2 aliphatic rings. The van der Waals surface area contributed by atoms with E-state index in [2.05, 4.69) is 49.5 Å². The molecule has 1 saturated carbocycles. The van der Waals surface area contributed by atoms with Gasteiger partial charge in [-0.3, -0.25) is 9.69 Å². The Morgan fingerprint density at radius 2 is 1.77 bits per heavy atom. The molecule has 5 heteroatoms. The second-order valence-electron chi connectivity index (χ2n) is 9.23. The van der Waals surface area contributed by atoms with Crippen molar-refractivity contribution >= 4 is 23.3 Å². The number of nitrogens with one attached hydrogen (secondary N) is 1. The molecule has 3 amide bonds. The molecule has 0 unspecified atom stereocenters. The van der Waals surface area contributed by atoms with Gasteiger partial charge in [0.15, 0.2) is 0 Å². The molecular formula is C25H31N3O2. The van der Waals surface area contributed by atoms with Crippen LogP contribution in [0.2, 0.25) is 0 Å². The molecule has 0 saturated heterocycles. The van der Waals surface area contributed by atoms with Crippen molar-refractivity contribution < 1.29 is 9.59 Å². The summed E-state index contributed by atoms with van der Waals surface area (Å²) in [6, 6.07) is 16.0. The van der Waals surface area contributed by atoms with E-state index in [1.54, 1.807) is 4.90 Å². The third-order valence-corrected chi connectivity index (χ3v) is 7.45. The number of carbonyl (C=O) groups excluding carboxylic acids is 2. The van der Waals surface area contributed by atoms with Crippen molar-refractivity contribution in [2.45, 2.75) is 57.8 Å². The van der Waals surface area contributed by atoms with E-state index in [0.29, 0.717) is 13.0 Å². The van der Waals surface area contributed by atoms with Crippen LogP contribution >= 0.6 is 0 Å². The van der Waals surface area contributed by atoms with E-state index in [0.717, 1.165) is 49.0 Å². The van der Waals surface area contributed by atoms with Gasteiger partial charge in [0.05, 0.1) is 12.1 Å². The van der Waals surface area contributed by atoms with E-state index >= 15 is 0 Å². The van der Waals surface area contributed by atoms with Gasteiger partial charge in [-0.1, -0.05) is 50.2 Å². The summed E-state index contributed by atoms with van der Waals surface area (Å²) in [5.74, 6) is -0.0385. The van der Waals surface area contributed by atoms with Gasteiger partial charge < -0.3 is 11.1 Å². The molecule has 1 fully saturated rings. The first-order valence-corrected chi connectivity index (χ1v) is 10.9. The zero-order chi connectivity index (χ0) is 21.4. The highest BCUT2D eigenvalue weighted by molar-refractivity contribution is 6.03. The standard InChI is InChI=1S/C25H31N3O2/c1-3-25(14-12-24(2,13-15-25)18-8-5-4-6-9-18)17-28(23(26)30)21-11-7-10-20-19(21)16-22(29)27-20/h4-11H,3,12-17H2,1-2H3,(H2,26,30)(H,27,29)/t24-,25+. The van der Waals surface area contributed by atoms with Gasteiger partial charge in [-0.2, -0.15) is 0 Å². The quantitative estimate of drug-likeness (QED) is 0.735. The lowest BCUT2D eigenvalue weighted by molar-refractivity contribution is -0.115. The summed E-state index contributed by atoms with van der Waals surface area (Å²) in [4.78, 5) is 26.1. The van der Waals surface area contributed by atoms with Crippen LogP contribution in [0.1, 0.15) is 57.1 Å². The number of anilines is 2. The molecule has 158 valence electrons. The maximum atomic E-state index is 12.5. The predicted molar refractivity (Wildman–Crippen MR) is 121 cm³/mol.